The van der Waals surface area contributed by atoms with Crippen LogP contribution in [-0.2, 0) is 4.79 Å². The van der Waals surface area contributed by atoms with Crippen molar-refractivity contribution in [2.75, 3.05) is 53.4 Å². The molecule has 37 heavy (non-hydrogen) atoms. The van der Waals surface area contributed by atoms with Crippen molar-refractivity contribution >= 4 is 11.8 Å². The summed E-state index contributed by atoms with van der Waals surface area (Å²) in [5.74, 6) is 0.928. The van der Waals surface area contributed by atoms with Crippen molar-refractivity contribution in [3.63, 3.8) is 0 Å². The molecule has 2 heterocycles. The predicted octanol–water partition coefficient (Wildman–Crippen LogP) is 3.49. The Hall–Kier alpha value is -3.62. The normalized spacial score (nSPS) is 14.4. The molecule has 8 nitrogen and oxygen atoms in total. The third kappa shape index (κ3) is 7.21. The maximum absolute atomic E-state index is 13.5. The molecule has 1 atom stereocenters. The molecule has 1 aliphatic heterocycles. The van der Waals surface area contributed by atoms with Gasteiger partial charge in [-0.3, -0.25) is 9.59 Å². The number of nitrogens with zero attached hydrogens (tertiary/aromatic N) is 2. The highest BCUT2D eigenvalue weighted by molar-refractivity contribution is 5.96. The third-order valence-electron chi connectivity index (χ3n) is 6.32. The van der Waals surface area contributed by atoms with Crippen LogP contribution in [0.4, 0.5) is 0 Å². The van der Waals surface area contributed by atoms with Gasteiger partial charge in [-0.15, -0.1) is 0 Å². The zero-order chi connectivity index (χ0) is 26.2. The molecule has 1 saturated heterocycles. The first-order chi connectivity index (χ1) is 17.9. The van der Waals surface area contributed by atoms with Gasteiger partial charge in [-0.05, 0) is 63.3 Å². The fourth-order valence-electron chi connectivity index (χ4n) is 4.30. The summed E-state index contributed by atoms with van der Waals surface area (Å²) in [5.41, 5.74) is 2.70. The lowest BCUT2D eigenvalue weighted by atomic mass is 10.0. The molecule has 1 aromatic heterocycles. The molecule has 2 aromatic carbocycles. The molecule has 3 aromatic rings. The lowest BCUT2D eigenvalue weighted by molar-refractivity contribution is -0.134. The molecular formula is C29H36N4O4. The van der Waals surface area contributed by atoms with Gasteiger partial charge in [-0.25, -0.2) is 0 Å². The Morgan fingerprint density at radius 3 is 2.54 bits per heavy atom. The van der Waals surface area contributed by atoms with Crippen LogP contribution in [0.15, 0.2) is 65.1 Å². The van der Waals surface area contributed by atoms with Gasteiger partial charge < -0.3 is 29.6 Å². The Morgan fingerprint density at radius 1 is 1.08 bits per heavy atom. The third-order valence-corrected chi connectivity index (χ3v) is 6.32. The molecule has 8 heteroatoms. The SMILES string of the molecule is Cc1cccc(-c2ccc(C(=O)NC(C(=O)N3CCNCC3)c3ccc(OCCCN(C)C)cc3)o2)c1. The highest BCUT2D eigenvalue weighted by atomic mass is 16.5. The first kappa shape index (κ1) is 26.4. The number of nitrogens with one attached hydrogen (secondary N) is 2. The number of furan rings is 1. The van der Waals surface area contributed by atoms with Crippen molar-refractivity contribution in [3.8, 4) is 17.1 Å². The molecule has 2 N–H and O–H groups in total. The molecule has 0 spiro atoms. The van der Waals surface area contributed by atoms with Crippen LogP contribution in [0, 0.1) is 6.92 Å². The summed E-state index contributed by atoms with van der Waals surface area (Å²) in [6, 6.07) is 17.9. The average molecular weight is 505 g/mol. The first-order valence-electron chi connectivity index (χ1n) is 12.8. The van der Waals surface area contributed by atoms with Crippen LogP contribution in [0.5, 0.6) is 5.75 Å². The van der Waals surface area contributed by atoms with Crippen LogP contribution in [0.3, 0.4) is 0 Å². The summed E-state index contributed by atoms with van der Waals surface area (Å²) in [7, 11) is 4.07. The van der Waals surface area contributed by atoms with E-state index in [1.807, 2.05) is 69.6 Å². The topological polar surface area (TPSA) is 87.0 Å². The quantitative estimate of drug-likeness (QED) is 0.411. The lowest BCUT2D eigenvalue weighted by Crippen LogP contribution is -2.50. The monoisotopic (exact) mass is 504 g/mol. The first-order valence-corrected chi connectivity index (χ1v) is 12.8. The van der Waals surface area contributed by atoms with Gasteiger partial charge >= 0.3 is 0 Å². The number of rotatable bonds is 10. The van der Waals surface area contributed by atoms with E-state index in [4.69, 9.17) is 9.15 Å². The van der Waals surface area contributed by atoms with E-state index in [-0.39, 0.29) is 11.7 Å². The number of benzene rings is 2. The largest absolute Gasteiger partial charge is 0.494 e. The van der Waals surface area contributed by atoms with E-state index in [2.05, 4.69) is 15.5 Å². The number of hydrogen-bond acceptors (Lipinski definition) is 6. The molecule has 196 valence electrons. The van der Waals surface area contributed by atoms with Crippen LogP contribution in [0.1, 0.15) is 34.1 Å². The summed E-state index contributed by atoms with van der Waals surface area (Å²) >= 11 is 0. The maximum Gasteiger partial charge on any atom is 0.287 e. The van der Waals surface area contributed by atoms with Gasteiger partial charge in [0.05, 0.1) is 6.61 Å². The van der Waals surface area contributed by atoms with Crippen LogP contribution in [-0.4, -0.2) is 75.0 Å². The smallest absolute Gasteiger partial charge is 0.287 e. The molecule has 0 radical (unpaired) electrons. The second-order valence-electron chi connectivity index (χ2n) is 9.59. The molecule has 2 amide bonds. The van der Waals surface area contributed by atoms with Crippen LogP contribution >= 0.6 is 0 Å². The zero-order valence-electron chi connectivity index (χ0n) is 21.8. The van der Waals surface area contributed by atoms with E-state index >= 15 is 0 Å². The minimum atomic E-state index is -0.832. The number of carbonyl (C=O) groups excluding carboxylic acids is 2. The Kier molecular flexibility index (Phi) is 8.98. The molecule has 1 aliphatic rings. The highest BCUT2D eigenvalue weighted by Gasteiger charge is 2.29. The van der Waals surface area contributed by atoms with E-state index in [0.29, 0.717) is 31.0 Å². The number of ether oxygens (including phenoxy) is 1. The van der Waals surface area contributed by atoms with Crippen molar-refractivity contribution in [1.82, 2.24) is 20.4 Å². The predicted molar refractivity (Wildman–Crippen MR) is 144 cm³/mol. The van der Waals surface area contributed by atoms with Crippen LogP contribution in [0.2, 0.25) is 0 Å². The molecule has 0 aliphatic carbocycles. The van der Waals surface area contributed by atoms with Gasteiger partial charge in [0.1, 0.15) is 17.6 Å². The Morgan fingerprint density at radius 2 is 1.84 bits per heavy atom. The second-order valence-corrected chi connectivity index (χ2v) is 9.59. The van der Waals surface area contributed by atoms with E-state index in [9.17, 15) is 9.59 Å². The number of aryl methyl sites for hydroxylation is 1. The van der Waals surface area contributed by atoms with E-state index in [0.717, 1.165) is 42.9 Å². The number of piperazine rings is 1. The number of carbonyl (C=O) groups is 2. The molecule has 4 rings (SSSR count). The van der Waals surface area contributed by atoms with Crippen molar-refractivity contribution in [1.29, 1.82) is 0 Å². The summed E-state index contributed by atoms with van der Waals surface area (Å²) in [6.45, 7) is 6.21. The van der Waals surface area contributed by atoms with E-state index in [1.165, 1.54) is 0 Å². The van der Waals surface area contributed by atoms with Crippen LogP contribution in [0.25, 0.3) is 11.3 Å². The zero-order valence-corrected chi connectivity index (χ0v) is 21.8. The summed E-state index contributed by atoms with van der Waals surface area (Å²) < 4.78 is 11.7. The summed E-state index contributed by atoms with van der Waals surface area (Å²) in [6.07, 6.45) is 0.919. The minimum absolute atomic E-state index is 0.139. The van der Waals surface area contributed by atoms with Gasteiger partial charge in [0.15, 0.2) is 5.76 Å². The number of hydrogen-bond donors (Lipinski definition) is 2. The summed E-state index contributed by atoms with van der Waals surface area (Å²) in [4.78, 5) is 30.6. The molecule has 0 saturated carbocycles. The fraction of sp³-hybridized carbons (Fsp3) is 0.379. The van der Waals surface area contributed by atoms with Gasteiger partial charge in [-0.1, -0.05) is 35.9 Å². The Balaban J connectivity index is 1.49. The van der Waals surface area contributed by atoms with Crippen molar-refractivity contribution < 1.29 is 18.7 Å². The van der Waals surface area contributed by atoms with Gasteiger partial charge in [0.2, 0.25) is 5.91 Å². The minimum Gasteiger partial charge on any atom is -0.494 e. The summed E-state index contributed by atoms with van der Waals surface area (Å²) in [5, 5.41) is 6.18. The second kappa shape index (κ2) is 12.6. The molecular weight excluding hydrogens is 468 g/mol. The van der Waals surface area contributed by atoms with Crippen molar-refractivity contribution in [2.24, 2.45) is 0 Å². The average Bonchev–Trinajstić information content (AvgIpc) is 3.41. The Bertz CT molecular complexity index is 1180. The molecule has 1 unspecified atom stereocenters. The molecule has 0 bridgehead atoms. The van der Waals surface area contributed by atoms with Crippen molar-refractivity contribution in [2.45, 2.75) is 19.4 Å². The standard InChI is InChI=1S/C29H36N4O4/c1-21-6-4-7-23(20-21)25-12-13-26(37-25)28(34)31-27(29(35)33-17-14-30-15-18-33)22-8-10-24(11-9-22)36-19-5-16-32(2)3/h4,6-13,20,27,30H,5,14-19H2,1-3H3,(H,31,34). The van der Waals surface area contributed by atoms with Crippen LogP contribution < -0.4 is 15.4 Å². The van der Waals surface area contributed by atoms with Gasteiger partial charge in [0, 0.05) is 38.3 Å². The highest BCUT2D eigenvalue weighted by Crippen LogP contribution is 2.25. The van der Waals surface area contributed by atoms with Crippen molar-refractivity contribution in [3.05, 3.63) is 77.6 Å². The Labute approximate surface area is 218 Å². The molecule has 1 fully saturated rings. The maximum atomic E-state index is 13.5. The fourth-order valence-corrected chi connectivity index (χ4v) is 4.30. The van der Waals surface area contributed by atoms with Gasteiger partial charge in [0.25, 0.3) is 5.91 Å². The van der Waals surface area contributed by atoms with E-state index < -0.39 is 11.9 Å². The van der Waals surface area contributed by atoms with E-state index in [1.54, 1.807) is 17.0 Å². The van der Waals surface area contributed by atoms with Gasteiger partial charge in [-0.2, -0.15) is 0 Å². The number of amides is 2. The lowest BCUT2D eigenvalue weighted by Gasteiger charge is -2.31.